The first-order valence-electron chi connectivity index (χ1n) is 9.14. The topological polar surface area (TPSA) is 92.8 Å². The van der Waals surface area contributed by atoms with E-state index in [1.54, 1.807) is 18.4 Å². The molecule has 29 heavy (non-hydrogen) atoms. The van der Waals surface area contributed by atoms with Crippen LogP contribution in [0.15, 0.2) is 40.6 Å². The van der Waals surface area contributed by atoms with E-state index in [1.165, 1.54) is 27.8 Å². The first-order valence-corrected chi connectivity index (χ1v) is 11.5. The van der Waals surface area contributed by atoms with Crippen LogP contribution in [-0.2, 0) is 19.6 Å². The number of amides is 1. The molecule has 2 aromatic rings. The van der Waals surface area contributed by atoms with E-state index in [1.807, 2.05) is 0 Å². The largest absolute Gasteiger partial charge is 0.462 e. The monoisotopic (exact) mass is 440 g/mol. The molecule has 1 amide bonds. The van der Waals surface area contributed by atoms with Crippen molar-refractivity contribution in [3.63, 3.8) is 0 Å². The Kier molecular flexibility index (Phi) is 6.66. The van der Waals surface area contributed by atoms with E-state index in [0.717, 1.165) is 12.1 Å². The lowest BCUT2D eigenvalue weighted by Crippen LogP contribution is -2.43. The Morgan fingerprint density at radius 1 is 1.28 bits per heavy atom. The minimum atomic E-state index is -3.82. The average molecular weight is 441 g/mol. The number of piperidine rings is 1. The summed E-state index contributed by atoms with van der Waals surface area (Å²) >= 11 is 1.20. The molecule has 2 heterocycles. The number of benzene rings is 1. The summed E-state index contributed by atoms with van der Waals surface area (Å²) in [4.78, 5) is 24.7. The summed E-state index contributed by atoms with van der Waals surface area (Å²) in [6.45, 7) is 2.23. The van der Waals surface area contributed by atoms with Crippen LogP contribution in [0.2, 0.25) is 0 Å². The van der Waals surface area contributed by atoms with E-state index in [0.29, 0.717) is 17.8 Å². The Hall–Kier alpha value is -2.30. The molecule has 0 radical (unpaired) electrons. The van der Waals surface area contributed by atoms with Crippen LogP contribution >= 0.6 is 11.3 Å². The van der Waals surface area contributed by atoms with Gasteiger partial charge in [-0.25, -0.2) is 17.6 Å². The molecule has 1 fully saturated rings. The first-order chi connectivity index (χ1) is 13.8. The van der Waals surface area contributed by atoms with Crippen LogP contribution < -0.4 is 5.32 Å². The van der Waals surface area contributed by atoms with Gasteiger partial charge in [0.2, 0.25) is 15.9 Å². The Morgan fingerprint density at radius 2 is 2.00 bits per heavy atom. The molecule has 1 N–H and O–H groups in total. The maximum absolute atomic E-state index is 13.1. The van der Waals surface area contributed by atoms with Crippen molar-refractivity contribution < 1.29 is 27.1 Å². The van der Waals surface area contributed by atoms with Crippen LogP contribution in [0, 0.1) is 11.7 Å². The number of hydrogen-bond acceptors (Lipinski definition) is 6. The second-order valence-corrected chi connectivity index (χ2v) is 9.38. The van der Waals surface area contributed by atoms with Gasteiger partial charge in [0.25, 0.3) is 0 Å². The predicted octanol–water partition coefficient (Wildman–Crippen LogP) is 3.10. The van der Waals surface area contributed by atoms with Crippen LogP contribution in [0.25, 0.3) is 0 Å². The van der Waals surface area contributed by atoms with Crippen LogP contribution in [0.1, 0.15) is 30.1 Å². The zero-order valence-electron chi connectivity index (χ0n) is 15.8. The molecule has 1 aliphatic rings. The minimum Gasteiger partial charge on any atom is -0.462 e. The van der Waals surface area contributed by atoms with Gasteiger partial charge in [0.05, 0.1) is 23.0 Å². The van der Waals surface area contributed by atoms with Crippen molar-refractivity contribution in [1.29, 1.82) is 0 Å². The highest BCUT2D eigenvalue weighted by Crippen LogP contribution is 2.28. The number of carbonyl (C=O) groups excluding carboxylic acids is 2. The smallest absolute Gasteiger partial charge is 0.341 e. The number of esters is 1. The molecule has 1 unspecified atom stereocenters. The number of halogens is 1. The number of thiophene rings is 1. The molecule has 0 aliphatic carbocycles. The third-order valence-electron chi connectivity index (χ3n) is 4.60. The van der Waals surface area contributed by atoms with Crippen molar-refractivity contribution >= 4 is 38.2 Å². The summed E-state index contributed by atoms with van der Waals surface area (Å²) in [5.74, 6) is -1.95. The van der Waals surface area contributed by atoms with Crippen molar-refractivity contribution in [2.75, 3.05) is 25.0 Å². The third-order valence-corrected chi connectivity index (χ3v) is 7.31. The van der Waals surface area contributed by atoms with Gasteiger partial charge in [0.15, 0.2) is 0 Å². The van der Waals surface area contributed by atoms with Gasteiger partial charge >= 0.3 is 5.97 Å². The van der Waals surface area contributed by atoms with E-state index in [2.05, 4.69) is 5.32 Å². The average Bonchev–Trinajstić information content (AvgIpc) is 3.17. The van der Waals surface area contributed by atoms with Crippen molar-refractivity contribution in [3.8, 4) is 0 Å². The Labute approximate surface area is 172 Å². The summed E-state index contributed by atoms with van der Waals surface area (Å²) < 4.78 is 45.0. The summed E-state index contributed by atoms with van der Waals surface area (Å²) in [6, 6.07) is 6.19. The van der Waals surface area contributed by atoms with Gasteiger partial charge in [-0.2, -0.15) is 4.31 Å². The molecule has 7 nitrogen and oxygen atoms in total. The summed E-state index contributed by atoms with van der Waals surface area (Å²) in [5.41, 5.74) is 0.275. The van der Waals surface area contributed by atoms with Gasteiger partial charge in [0, 0.05) is 13.1 Å². The van der Waals surface area contributed by atoms with Gasteiger partial charge in [0.1, 0.15) is 10.8 Å². The number of anilines is 1. The lowest BCUT2D eigenvalue weighted by molar-refractivity contribution is -0.120. The fraction of sp³-hybridized carbons (Fsp3) is 0.368. The van der Waals surface area contributed by atoms with Crippen molar-refractivity contribution in [1.82, 2.24) is 4.31 Å². The number of nitrogens with zero attached hydrogens (tertiary/aromatic N) is 1. The molecule has 1 saturated heterocycles. The molecule has 156 valence electrons. The Morgan fingerprint density at radius 3 is 2.69 bits per heavy atom. The summed E-state index contributed by atoms with van der Waals surface area (Å²) in [5, 5.41) is 4.78. The van der Waals surface area contributed by atoms with Gasteiger partial charge < -0.3 is 10.1 Å². The van der Waals surface area contributed by atoms with E-state index in [-0.39, 0.29) is 36.1 Å². The fourth-order valence-corrected chi connectivity index (χ4v) is 5.42. The fourth-order valence-electron chi connectivity index (χ4n) is 3.12. The molecule has 1 atom stereocenters. The van der Waals surface area contributed by atoms with Crippen LogP contribution in [0.5, 0.6) is 0 Å². The number of ether oxygens (including phenoxy) is 1. The molecular formula is C19H21FN2O5S2. The van der Waals surface area contributed by atoms with E-state index in [9.17, 15) is 22.4 Å². The Balaban J connectivity index is 1.71. The first kappa shape index (κ1) is 21.4. The molecule has 1 aromatic carbocycles. The number of carbonyl (C=O) groups is 2. The van der Waals surface area contributed by atoms with Crippen molar-refractivity contribution in [3.05, 3.63) is 47.1 Å². The lowest BCUT2D eigenvalue weighted by Gasteiger charge is -2.31. The summed E-state index contributed by atoms with van der Waals surface area (Å²) in [6.07, 6.45) is 1.05. The van der Waals surface area contributed by atoms with E-state index in [4.69, 9.17) is 4.74 Å². The molecule has 10 heteroatoms. The predicted molar refractivity (Wildman–Crippen MR) is 107 cm³/mol. The highest BCUT2D eigenvalue weighted by molar-refractivity contribution is 7.89. The number of sulfonamides is 1. The Bertz CT molecular complexity index is 988. The van der Waals surface area contributed by atoms with Crippen LogP contribution in [0.4, 0.5) is 9.39 Å². The number of hydrogen-bond donors (Lipinski definition) is 1. The highest BCUT2D eigenvalue weighted by Gasteiger charge is 2.33. The number of nitrogens with one attached hydrogen (secondary N) is 1. The molecule has 1 aliphatic heterocycles. The molecule has 1 aromatic heterocycles. The van der Waals surface area contributed by atoms with Gasteiger partial charge in [-0.1, -0.05) is 0 Å². The third kappa shape index (κ3) is 4.82. The quantitative estimate of drug-likeness (QED) is 0.697. The maximum Gasteiger partial charge on any atom is 0.341 e. The van der Waals surface area contributed by atoms with Crippen molar-refractivity contribution in [2.24, 2.45) is 5.92 Å². The van der Waals surface area contributed by atoms with Gasteiger partial charge in [-0.05, 0) is 55.5 Å². The highest BCUT2D eigenvalue weighted by atomic mass is 32.2. The molecule has 0 spiro atoms. The van der Waals surface area contributed by atoms with E-state index >= 15 is 0 Å². The normalized spacial score (nSPS) is 17.7. The maximum atomic E-state index is 13.1. The molecular weight excluding hydrogens is 419 g/mol. The van der Waals surface area contributed by atoms with Crippen molar-refractivity contribution in [2.45, 2.75) is 24.7 Å². The SMILES string of the molecule is CCOC(=O)c1ccsc1NC(=O)C1CCCN(S(=O)(=O)c2ccc(F)cc2)C1. The second-order valence-electron chi connectivity index (χ2n) is 6.53. The minimum absolute atomic E-state index is 0.0113. The van der Waals surface area contributed by atoms with Crippen LogP contribution in [-0.4, -0.2) is 44.3 Å². The van der Waals surface area contributed by atoms with Gasteiger partial charge in [-0.15, -0.1) is 11.3 Å². The number of rotatable bonds is 6. The van der Waals surface area contributed by atoms with Gasteiger partial charge in [-0.3, -0.25) is 4.79 Å². The lowest BCUT2D eigenvalue weighted by atomic mass is 9.99. The standard InChI is InChI=1S/C19H21FN2O5S2/c1-2-27-19(24)16-9-11-28-18(16)21-17(23)13-4-3-10-22(12-13)29(25,26)15-7-5-14(20)6-8-15/h5-9,11,13H,2-4,10,12H2,1H3,(H,21,23). The summed E-state index contributed by atoms with van der Waals surface area (Å²) in [7, 11) is -3.82. The molecule has 0 saturated carbocycles. The van der Waals surface area contributed by atoms with E-state index < -0.39 is 27.7 Å². The van der Waals surface area contributed by atoms with Crippen LogP contribution in [0.3, 0.4) is 0 Å². The second kappa shape index (κ2) is 9.02. The molecule has 0 bridgehead atoms. The zero-order valence-corrected chi connectivity index (χ0v) is 17.4. The molecule has 3 rings (SSSR count). The zero-order chi connectivity index (χ0) is 21.0.